The summed E-state index contributed by atoms with van der Waals surface area (Å²) in [4.78, 5) is 0. The van der Waals surface area contributed by atoms with Gasteiger partial charge < -0.3 is 20.3 Å². The second-order valence-corrected chi connectivity index (χ2v) is 3.90. The Balaban J connectivity index is 2.22. The lowest BCUT2D eigenvalue weighted by molar-refractivity contribution is 0.139. The average Bonchev–Trinajstić information content (AvgIpc) is 2.36. The largest absolute Gasteiger partial charge is 0.486 e. The first-order valence-electron chi connectivity index (χ1n) is 5.55. The van der Waals surface area contributed by atoms with Gasteiger partial charge in [0.2, 0.25) is 0 Å². The molecule has 4 nitrogen and oxygen atoms in total. The summed E-state index contributed by atoms with van der Waals surface area (Å²) in [5, 5.41) is 9.69. The van der Waals surface area contributed by atoms with Gasteiger partial charge in [-0.3, -0.25) is 0 Å². The Morgan fingerprint density at radius 3 is 2.69 bits per heavy atom. The SMILES string of the molecule is CC[C@H](O)[C@H](N)c1ccc2c(c1)OCCO2. The summed E-state index contributed by atoms with van der Waals surface area (Å²) in [7, 11) is 0. The van der Waals surface area contributed by atoms with Crippen LogP contribution in [0, 0.1) is 0 Å². The van der Waals surface area contributed by atoms with Gasteiger partial charge >= 0.3 is 0 Å². The standard InChI is InChI=1S/C12H17NO3/c1-2-9(14)12(13)8-3-4-10-11(7-8)16-6-5-15-10/h3-4,7,9,12,14H,2,5-6,13H2,1H3/t9-,12+/m0/s1. The Kier molecular flexibility index (Phi) is 3.31. The van der Waals surface area contributed by atoms with Gasteiger partial charge in [-0.1, -0.05) is 13.0 Å². The first-order valence-corrected chi connectivity index (χ1v) is 5.55. The molecular weight excluding hydrogens is 206 g/mol. The molecule has 4 heteroatoms. The van der Waals surface area contributed by atoms with Crippen LogP contribution in [-0.4, -0.2) is 24.4 Å². The molecule has 16 heavy (non-hydrogen) atoms. The number of fused-ring (bicyclic) bond motifs is 1. The third kappa shape index (κ3) is 2.13. The van der Waals surface area contributed by atoms with Crippen LogP contribution in [-0.2, 0) is 0 Å². The molecule has 88 valence electrons. The Morgan fingerprint density at radius 2 is 2.00 bits per heavy atom. The fourth-order valence-corrected chi connectivity index (χ4v) is 1.74. The van der Waals surface area contributed by atoms with Crippen molar-refractivity contribution < 1.29 is 14.6 Å². The van der Waals surface area contributed by atoms with Gasteiger partial charge in [0, 0.05) is 0 Å². The van der Waals surface area contributed by atoms with E-state index in [9.17, 15) is 5.11 Å². The normalized spacial score (nSPS) is 17.9. The van der Waals surface area contributed by atoms with Gasteiger partial charge in [0.25, 0.3) is 0 Å². The van der Waals surface area contributed by atoms with E-state index in [0.29, 0.717) is 25.4 Å². The van der Waals surface area contributed by atoms with E-state index < -0.39 is 6.10 Å². The van der Waals surface area contributed by atoms with Crippen LogP contribution >= 0.6 is 0 Å². The van der Waals surface area contributed by atoms with Crippen LogP contribution in [0.2, 0.25) is 0 Å². The molecule has 1 heterocycles. The lowest BCUT2D eigenvalue weighted by Crippen LogP contribution is -2.25. The second-order valence-electron chi connectivity index (χ2n) is 3.90. The summed E-state index contributed by atoms with van der Waals surface area (Å²) in [5.41, 5.74) is 6.81. The van der Waals surface area contributed by atoms with E-state index >= 15 is 0 Å². The number of hydrogen-bond acceptors (Lipinski definition) is 4. The number of rotatable bonds is 3. The summed E-state index contributed by atoms with van der Waals surface area (Å²) in [6.07, 6.45) is 0.109. The van der Waals surface area contributed by atoms with Crippen LogP contribution in [0.15, 0.2) is 18.2 Å². The van der Waals surface area contributed by atoms with E-state index in [-0.39, 0.29) is 6.04 Å². The number of ether oxygens (including phenoxy) is 2. The van der Waals surface area contributed by atoms with E-state index in [1.165, 1.54) is 0 Å². The number of aliphatic hydroxyl groups excluding tert-OH is 1. The topological polar surface area (TPSA) is 64.7 Å². The minimum absolute atomic E-state index is 0.374. The minimum atomic E-state index is -0.525. The van der Waals surface area contributed by atoms with E-state index in [1.54, 1.807) is 0 Å². The first kappa shape index (κ1) is 11.2. The highest BCUT2D eigenvalue weighted by molar-refractivity contribution is 5.44. The summed E-state index contributed by atoms with van der Waals surface area (Å²) in [5.74, 6) is 1.45. The predicted molar refractivity (Wildman–Crippen MR) is 60.7 cm³/mol. The summed E-state index contributed by atoms with van der Waals surface area (Å²) < 4.78 is 10.9. The van der Waals surface area contributed by atoms with Crippen molar-refractivity contribution in [3.8, 4) is 11.5 Å². The number of hydrogen-bond donors (Lipinski definition) is 2. The molecule has 1 aromatic rings. The lowest BCUT2D eigenvalue weighted by Gasteiger charge is -2.22. The van der Waals surface area contributed by atoms with Crippen molar-refractivity contribution >= 4 is 0 Å². The Bertz CT molecular complexity index is 367. The Hall–Kier alpha value is -1.26. The molecule has 1 aliphatic heterocycles. The van der Waals surface area contributed by atoms with Gasteiger partial charge in [-0.2, -0.15) is 0 Å². The zero-order valence-corrected chi connectivity index (χ0v) is 9.35. The van der Waals surface area contributed by atoms with Crippen LogP contribution in [0.25, 0.3) is 0 Å². The van der Waals surface area contributed by atoms with E-state index in [4.69, 9.17) is 15.2 Å². The molecule has 0 saturated heterocycles. The van der Waals surface area contributed by atoms with E-state index in [1.807, 2.05) is 25.1 Å². The molecular formula is C12H17NO3. The highest BCUT2D eigenvalue weighted by Crippen LogP contribution is 2.32. The molecule has 0 amide bonds. The molecule has 0 spiro atoms. The molecule has 0 aliphatic carbocycles. The van der Waals surface area contributed by atoms with Crippen LogP contribution in [0.1, 0.15) is 24.9 Å². The fraction of sp³-hybridized carbons (Fsp3) is 0.500. The number of aliphatic hydroxyl groups is 1. The monoisotopic (exact) mass is 223 g/mol. The maximum atomic E-state index is 9.69. The number of benzene rings is 1. The van der Waals surface area contributed by atoms with Crippen LogP contribution < -0.4 is 15.2 Å². The van der Waals surface area contributed by atoms with Crippen LogP contribution in [0.5, 0.6) is 11.5 Å². The second kappa shape index (κ2) is 4.72. The summed E-state index contributed by atoms with van der Waals surface area (Å²) in [6, 6.07) is 5.18. The van der Waals surface area contributed by atoms with Gasteiger partial charge in [0.15, 0.2) is 11.5 Å². The molecule has 0 aromatic heterocycles. The molecule has 0 saturated carbocycles. The van der Waals surface area contributed by atoms with Crippen molar-refractivity contribution in [3.05, 3.63) is 23.8 Å². The van der Waals surface area contributed by atoms with Gasteiger partial charge in [0.1, 0.15) is 13.2 Å². The maximum absolute atomic E-state index is 9.69. The maximum Gasteiger partial charge on any atom is 0.161 e. The molecule has 2 atom stereocenters. The summed E-state index contributed by atoms with van der Waals surface area (Å²) in [6.45, 7) is 3.04. The van der Waals surface area contributed by atoms with E-state index in [0.717, 1.165) is 11.3 Å². The molecule has 2 rings (SSSR count). The summed E-state index contributed by atoms with van der Waals surface area (Å²) >= 11 is 0. The third-order valence-corrected chi connectivity index (χ3v) is 2.78. The Labute approximate surface area is 95.0 Å². The van der Waals surface area contributed by atoms with Gasteiger partial charge in [-0.25, -0.2) is 0 Å². The van der Waals surface area contributed by atoms with Crippen LogP contribution in [0.3, 0.4) is 0 Å². The molecule has 1 aliphatic rings. The van der Waals surface area contributed by atoms with Crippen molar-refractivity contribution in [1.82, 2.24) is 0 Å². The highest BCUT2D eigenvalue weighted by Gasteiger charge is 2.18. The molecule has 0 bridgehead atoms. The molecule has 0 unspecified atom stereocenters. The van der Waals surface area contributed by atoms with Crippen molar-refractivity contribution in [3.63, 3.8) is 0 Å². The van der Waals surface area contributed by atoms with Gasteiger partial charge in [-0.15, -0.1) is 0 Å². The van der Waals surface area contributed by atoms with Crippen molar-refractivity contribution in [1.29, 1.82) is 0 Å². The number of nitrogens with two attached hydrogens (primary N) is 1. The predicted octanol–water partition coefficient (Wildman–Crippen LogP) is 1.23. The zero-order chi connectivity index (χ0) is 11.5. The zero-order valence-electron chi connectivity index (χ0n) is 9.35. The molecule has 3 N–H and O–H groups in total. The molecule has 1 aromatic carbocycles. The third-order valence-electron chi connectivity index (χ3n) is 2.78. The Morgan fingerprint density at radius 1 is 1.31 bits per heavy atom. The van der Waals surface area contributed by atoms with Crippen LogP contribution in [0.4, 0.5) is 0 Å². The van der Waals surface area contributed by atoms with Crippen molar-refractivity contribution in [2.45, 2.75) is 25.5 Å². The fourth-order valence-electron chi connectivity index (χ4n) is 1.74. The first-order chi connectivity index (χ1) is 7.72. The van der Waals surface area contributed by atoms with Crippen molar-refractivity contribution in [2.75, 3.05) is 13.2 Å². The van der Waals surface area contributed by atoms with Crippen molar-refractivity contribution in [2.24, 2.45) is 5.73 Å². The van der Waals surface area contributed by atoms with Gasteiger partial charge in [-0.05, 0) is 24.1 Å². The lowest BCUT2D eigenvalue weighted by atomic mass is 10.0. The highest BCUT2D eigenvalue weighted by atomic mass is 16.6. The van der Waals surface area contributed by atoms with E-state index in [2.05, 4.69) is 0 Å². The minimum Gasteiger partial charge on any atom is -0.486 e. The van der Waals surface area contributed by atoms with Gasteiger partial charge in [0.05, 0.1) is 12.1 Å². The molecule has 0 fully saturated rings. The smallest absolute Gasteiger partial charge is 0.161 e. The molecule has 0 radical (unpaired) electrons. The quantitative estimate of drug-likeness (QED) is 0.809. The average molecular weight is 223 g/mol.